The van der Waals surface area contributed by atoms with Crippen LogP contribution in [-0.2, 0) is 0 Å². The van der Waals surface area contributed by atoms with Gasteiger partial charge in [0.25, 0.3) is 0 Å². The molecular formula is C37H46N4O6. The number of aromatic nitrogens is 2. The predicted octanol–water partition coefficient (Wildman–Crippen LogP) is 7.14. The normalized spacial score (nSPS) is 13.4. The first-order valence-corrected chi connectivity index (χ1v) is 16.0. The highest BCUT2D eigenvalue weighted by molar-refractivity contribution is 5.72. The first-order valence-electron chi connectivity index (χ1n) is 16.0. The lowest BCUT2D eigenvalue weighted by Crippen LogP contribution is -2.31. The van der Waals surface area contributed by atoms with Crippen molar-refractivity contribution in [2.75, 3.05) is 64.4 Å². The number of rotatable bonds is 12. The van der Waals surface area contributed by atoms with Gasteiger partial charge in [0.05, 0.1) is 40.6 Å². The molecule has 5 rings (SSSR count). The maximum atomic E-state index is 5.96. The summed E-state index contributed by atoms with van der Waals surface area (Å²) in [5, 5.41) is 0. The molecule has 2 aromatic heterocycles. The van der Waals surface area contributed by atoms with Gasteiger partial charge in [-0.1, -0.05) is 0 Å². The second-order valence-corrected chi connectivity index (χ2v) is 11.9. The van der Waals surface area contributed by atoms with Crippen LogP contribution in [0.5, 0.6) is 34.5 Å². The van der Waals surface area contributed by atoms with Gasteiger partial charge in [-0.3, -0.25) is 0 Å². The van der Waals surface area contributed by atoms with Gasteiger partial charge >= 0.3 is 0 Å². The van der Waals surface area contributed by atoms with E-state index in [-0.39, 0.29) is 12.2 Å². The van der Waals surface area contributed by atoms with Gasteiger partial charge in [0.15, 0.2) is 23.0 Å². The minimum Gasteiger partial charge on any atom is -0.493 e. The third-order valence-electron chi connectivity index (χ3n) is 7.93. The average Bonchev–Trinajstić information content (AvgIpc) is 3.34. The van der Waals surface area contributed by atoms with E-state index in [1.165, 1.54) is 0 Å². The summed E-state index contributed by atoms with van der Waals surface area (Å²) in [6.07, 6.45) is 4.78. The van der Waals surface area contributed by atoms with Gasteiger partial charge in [0, 0.05) is 49.7 Å². The smallest absolute Gasteiger partial charge is 0.203 e. The molecule has 250 valence electrons. The van der Waals surface area contributed by atoms with Gasteiger partial charge in [0.1, 0.15) is 11.6 Å². The minimum absolute atomic E-state index is 0.00756. The van der Waals surface area contributed by atoms with Gasteiger partial charge in [-0.15, -0.1) is 0 Å². The molecule has 0 radical (unpaired) electrons. The molecular weight excluding hydrogens is 596 g/mol. The lowest BCUT2D eigenvalue weighted by atomic mass is 10.1. The topological polar surface area (TPSA) is 87.6 Å². The van der Waals surface area contributed by atoms with Crippen LogP contribution in [0.25, 0.3) is 22.3 Å². The van der Waals surface area contributed by atoms with E-state index in [2.05, 4.69) is 34.1 Å². The molecule has 2 aromatic carbocycles. The number of hydrogen-bond donors (Lipinski definition) is 0. The van der Waals surface area contributed by atoms with E-state index < -0.39 is 0 Å². The van der Waals surface area contributed by atoms with Crippen molar-refractivity contribution in [3.63, 3.8) is 0 Å². The standard InChI is InChI=1S/C37H46N4O6/c1-24(2)46-36-30(42-5)18-28(19-31(36)43-6)26-10-12-34(38-22-26)40-14-9-15-41(17-16-40)35-13-11-27(23-39-35)29-20-32(44-7)37(47-25(3)4)33(21-29)45-8/h10-13,18-25H,9,14-17H2,1-8H3. The maximum absolute atomic E-state index is 5.96. The van der Waals surface area contributed by atoms with Crippen molar-refractivity contribution in [2.45, 2.75) is 46.3 Å². The summed E-state index contributed by atoms with van der Waals surface area (Å²) >= 11 is 0. The Hall–Kier alpha value is -4.86. The van der Waals surface area contributed by atoms with E-state index in [0.29, 0.717) is 34.5 Å². The highest BCUT2D eigenvalue weighted by Crippen LogP contribution is 2.43. The summed E-state index contributed by atoms with van der Waals surface area (Å²) in [4.78, 5) is 14.4. The molecule has 10 heteroatoms. The molecule has 0 saturated carbocycles. The number of ether oxygens (including phenoxy) is 6. The number of pyridine rings is 2. The van der Waals surface area contributed by atoms with E-state index in [1.54, 1.807) is 28.4 Å². The molecule has 1 fully saturated rings. The monoisotopic (exact) mass is 642 g/mol. The van der Waals surface area contributed by atoms with E-state index in [4.69, 9.17) is 38.4 Å². The Labute approximate surface area is 278 Å². The third-order valence-corrected chi connectivity index (χ3v) is 7.93. The van der Waals surface area contributed by atoms with E-state index in [0.717, 1.165) is 66.5 Å². The molecule has 3 heterocycles. The first kappa shape index (κ1) is 33.5. The fraction of sp³-hybridized carbons (Fsp3) is 0.405. The molecule has 1 aliphatic rings. The predicted molar refractivity (Wildman–Crippen MR) is 186 cm³/mol. The molecule has 0 bridgehead atoms. The van der Waals surface area contributed by atoms with E-state index >= 15 is 0 Å². The average molecular weight is 643 g/mol. The van der Waals surface area contributed by atoms with Crippen molar-refractivity contribution in [3.8, 4) is 56.8 Å². The van der Waals surface area contributed by atoms with Crippen molar-refractivity contribution in [1.82, 2.24) is 9.97 Å². The fourth-order valence-electron chi connectivity index (χ4n) is 5.66. The number of anilines is 2. The van der Waals surface area contributed by atoms with Crippen LogP contribution in [0.1, 0.15) is 34.1 Å². The van der Waals surface area contributed by atoms with Crippen LogP contribution < -0.4 is 38.2 Å². The number of hydrogen-bond acceptors (Lipinski definition) is 10. The molecule has 0 unspecified atom stereocenters. The Morgan fingerprint density at radius 3 is 1.15 bits per heavy atom. The molecule has 0 aliphatic carbocycles. The largest absolute Gasteiger partial charge is 0.493 e. The Balaban J connectivity index is 1.27. The summed E-state index contributed by atoms with van der Waals surface area (Å²) in [7, 11) is 6.54. The quantitative estimate of drug-likeness (QED) is 0.159. The summed E-state index contributed by atoms with van der Waals surface area (Å²) in [6.45, 7) is 11.4. The second kappa shape index (κ2) is 15.2. The van der Waals surface area contributed by atoms with Crippen molar-refractivity contribution in [1.29, 1.82) is 0 Å². The van der Waals surface area contributed by atoms with E-state index in [1.807, 2.05) is 64.4 Å². The molecule has 4 aromatic rings. The SMILES string of the molecule is COc1cc(-c2ccc(N3CCCN(c4ccc(-c5cc(OC)c(OC(C)C)c(OC)c5)cn4)CC3)nc2)cc(OC)c1OC(C)C. The van der Waals surface area contributed by atoms with Gasteiger partial charge in [-0.25, -0.2) is 9.97 Å². The molecule has 1 saturated heterocycles. The van der Waals surface area contributed by atoms with Crippen molar-refractivity contribution in [2.24, 2.45) is 0 Å². The molecule has 1 aliphatic heterocycles. The zero-order chi connectivity index (χ0) is 33.5. The molecule has 0 atom stereocenters. The van der Waals surface area contributed by atoms with Crippen molar-refractivity contribution in [3.05, 3.63) is 60.9 Å². The molecule has 0 spiro atoms. The van der Waals surface area contributed by atoms with Crippen molar-refractivity contribution < 1.29 is 28.4 Å². The second-order valence-electron chi connectivity index (χ2n) is 11.9. The minimum atomic E-state index is -0.00756. The summed E-state index contributed by atoms with van der Waals surface area (Å²) in [5.41, 5.74) is 3.84. The zero-order valence-corrected chi connectivity index (χ0v) is 28.7. The van der Waals surface area contributed by atoms with Gasteiger partial charge < -0.3 is 38.2 Å². The van der Waals surface area contributed by atoms with Crippen LogP contribution in [0.15, 0.2) is 60.9 Å². The first-order chi connectivity index (χ1) is 22.7. The van der Waals surface area contributed by atoms with Crippen LogP contribution in [0, 0.1) is 0 Å². The van der Waals surface area contributed by atoms with Crippen LogP contribution >= 0.6 is 0 Å². The summed E-state index contributed by atoms with van der Waals surface area (Å²) < 4.78 is 34.5. The highest BCUT2D eigenvalue weighted by atomic mass is 16.5. The molecule has 47 heavy (non-hydrogen) atoms. The highest BCUT2D eigenvalue weighted by Gasteiger charge is 2.20. The van der Waals surface area contributed by atoms with Crippen LogP contribution in [-0.4, -0.2) is 76.8 Å². The molecule has 0 N–H and O–H groups in total. The van der Waals surface area contributed by atoms with E-state index in [9.17, 15) is 0 Å². The molecule has 10 nitrogen and oxygen atoms in total. The Morgan fingerprint density at radius 1 is 0.511 bits per heavy atom. The van der Waals surface area contributed by atoms with Crippen LogP contribution in [0.4, 0.5) is 11.6 Å². The zero-order valence-electron chi connectivity index (χ0n) is 28.7. The van der Waals surface area contributed by atoms with Crippen molar-refractivity contribution >= 4 is 11.6 Å². The molecule has 0 amide bonds. The van der Waals surface area contributed by atoms with Gasteiger partial charge in [-0.2, -0.15) is 0 Å². The van der Waals surface area contributed by atoms with Crippen LogP contribution in [0.2, 0.25) is 0 Å². The Bertz CT molecular complexity index is 1450. The third kappa shape index (κ3) is 7.76. The number of nitrogens with zero attached hydrogens (tertiary/aromatic N) is 4. The fourth-order valence-corrected chi connectivity index (χ4v) is 5.66. The Kier molecular flexibility index (Phi) is 10.8. The number of methoxy groups -OCH3 is 4. The van der Waals surface area contributed by atoms with Gasteiger partial charge in [0.2, 0.25) is 11.5 Å². The maximum Gasteiger partial charge on any atom is 0.203 e. The summed E-state index contributed by atoms with van der Waals surface area (Å²) in [6, 6.07) is 16.2. The van der Waals surface area contributed by atoms with Crippen LogP contribution in [0.3, 0.4) is 0 Å². The lowest BCUT2D eigenvalue weighted by molar-refractivity contribution is 0.218. The number of benzene rings is 2. The van der Waals surface area contributed by atoms with Gasteiger partial charge in [-0.05, 0) is 93.8 Å². The Morgan fingerprint density at radius 2 is 0.872 bits per heavy atom. The summed E-state index contributed by atoms with van der Waals surface area (Å²) in [5.74, 6) is 5.60. The lowest BCUT2D eigenvalue weighted by Gasteiger charge is -2.24.